The maximum atomic E-state index is 10.3. The van der Waals surface area contributed by atoms with Gasteiger partial charge < -0.3 is 15.7 Å². The second-order valence-corrected chi connectivity index (χ2v) is 3.64. The molecule has 0 saturated heterocycles. The zero-order chi connectivity index (χ0) is 11.3. The van der Waals surface area contributed by atoms with Crippen LogP contribution in [0.5, 0.6) is 0 Å². The molecule has 0 saturated carbocycles. The van der Waals surface area contributed by atoms with Crippen molar-refractivity contribution in [2.75, 3.05) is 25.3 Å². The Morgan fingerprint density at radius 1 is 1.67 bits per heavy atom. The molecule has 0 atom stereocenters. The molecule has 15 heavy (non-hydrogen) atoms. The molecule has 0 spiro atoms. The van der Waals surface area contributed by atoms with Crippen LogP contribution in [-0.2, 0) is 16.0 Å². The van der Waals surface area contributed by atoms with E-state index < -0.39 is 5.97 Å². The number of aromatic nitrogens is 3. The van der Waals surface area contributed by atoms with E-state index in [0.29, 0.717) is 24.0 Å². The van der Waals surface area contributed by atoms with E-state index in [1.807, 2.05) is 0 Å². The fraction of sp³-hybridized carbons (Fsp3) is 0.571. The zero-order valence-corrected chi connectivity index (χ0v) is 9.03. The Morgan fingerprint density at radius 2 is 2.40 bits per heavy atom. The van der Waals surface area contributed by atoms with Gasteiger partial charge in [-0.2, -0.15) is 0 Å². The SMILES string of the molecule is COCCc1nnc(SCC(=O)O)n1N. The summed E-state index contributed by atoms with van der Waals surface area (Å²) in [6.07, 6.45) is 0.549. The Morgan fingerprint density at radius 3 is 3.00 bits per heavy atom. The fourth-order valence-electron chi connectivity index (χ4n) is 0.896. The summed E-state index contributed by atoms with van der Waals surface area (Å²) < 4.78 is 6.15. The number of aliphatic carboxylic acids is 1. The molecule has 0 aliphatic rings. The van der Waals surface area contributed by atoms with E-state index >= 15 is 0 Å². The Hall–Kier alpha value is -1.28. The van der Waals surface area contributed by atoms with Gasteiger partial charge in [0.05, 0.1) is 12.4 Å². The van der Waals surface area contributed by atoms with Crippen molar-refractivity contribution in [2.45, 2.75) is 11.6 Å². The van der Waals surface area contributed by atoms with Crippen molar-refractivity contribution in [1.82, 2.24) is 14.9 Å². The summed E-state index contributed by atoms with van der Waals surface area (Å²) >= 11 is 1.03. The van der Waals surface area contributed by atoms with E-state index in [0.717, 1.165) is 11.8 Å². The maximum absolute atomic E-state index is 10.3. The summed E-state index contributed by atoms with van der Waals surface area (Å²) in [5.74, 6) is 5.23. The van der Waals surface area contributed by atoms with Crippen molar-refractivity contribution in [3.63, 3.8) is 0 Å². The molecule has 0 radical (unpaired) electrons. The Balaban J connectivity index is 2.58. The molecule has 0 aliphatic heterocycles. The molecule has 0 bridgehead atoms. The van der Waals surface area contributed by atoms with Gasteiger partial charge in [-0.3, -0.25) is 4.79 Å². The first-order chi connectivity index (χ1) is 7.15. The first-order valence-corrected chi connectivity index (χ1v) is 5.16. The second kappa shape index (κ2) is 5.56. The largest absolute Gasteiger partial charge is 0.481 e. The van der Waals surface area contributed by atoms with Gasteiger partial charge in [0.2, 0.25) is 5.16 Å². The highest BCUT2D eigenvalue weighted by molar-refractivity contribution is 7.99. The predicted octanol–water partition coefficient (Wildman–Crippen LogP) is -0.642. The van der Waals surface area contributed by atoms with Crippen LogP contribution in [0.3, 0.4) is 0 Å². The molecule has 1 aromatic heterocycles. The molecule has 3 N–H and O–H groups in total. The maximum Gasteiger partial charge on any atom is 0.313 e. The van der Waals surface area contributed by atoms with E-state index in [-0.39, 0.29) is 5.75 Å². The summed E-state index contributed by atoms with van der Waals surface area (Å²) in [5, 5.41) is 16.5. The Labute approximate surface area is 90.6 Å². The molecule has 0 unspecified atom stereocenters. The minimum absolute atomic E-state index is 0.0837. The third-order valence-electron chi connectivity index (χ3n) is 1.59. The standard InChI is InChI=1S/C7H12N4O3S/c1-14-3-2-5-9-10-7(11(5)8)15-4-6(12)13/h2-4,8H2,1H3,(H,12,13). The van der Waals surface area contributed by atoms with Crippen LogP contribution in [0.2, 0.25) is 0 Å². The number of carboxylic acid groups (broad SMARTS) is 1. The average molecular weight is 232 g/mol. The van der Waals surface area contributed by atoms with Crippen LogP contribution in [0.15, 0.2) is 5.16 Å². The van der Waals surface area contributed by atoms with Gasteiger partial charge in [0, 0.05) is 13.5 Å². The number of rotatable bonds is 6. The number of methoxy groups -OCH3 is 1. The van der Waals surface area contributed by atoms with Gasteiger partial charge >= 0.3 is 5.97 Å². The number of hydrogen-bond acceptors (Lipinski definition) is 6. The van der Waals surface area contributed by atoms with Gasteiger partial charge in [0.25, 0.3) is 0 Å². The topological polar surface area (TPSA) is 103 Å². The van der Waals surface area contributed by atoms with Gasteiger partial charge in [-0.05, 0) is 0 Å². The highest BCUT2D eigenvalue weighted by Gasteiger charge is 2.11. The first kappa shape index (κ1) is 11.8. The van der Waals surface area contributed by atoms with Crippen LogP contribution in [0.25, 0.3) is 0 Å². The van der Waals surface area contributed by atoms with Crippen molar-refractivity contribution >= 4 is 17.7 Å². The van der Waals surface area contributed by atoms with Crippen LogP contribution in [-0.4, -0.2) is 45.4 Å². The Kier molecular flexibility index (Phi) is 4.37. The molecule has 84 valence electrons. The summed E-state index contributed by atoms with van der Waals surface area (Å²) in [6, 6.07) is 0. The number of nitrogens with zero attached hydrogens (tertiary/aromatic N) is 3. The number of nitrogen functional groups attached to an aromatic ring is 1. The first-order valence-electron chi connectivity index (χ1n) is 4.18. The van der Waals surface area contributed by atoms with E-state index in [1.165, 1.54) is 4.68 Å². The van der Waals surface area contributed by atoms with Gasteiger partial charge in [-0.15, -0.1) is 10.2 Å². The molecular formula is C7H12N4O3S. The fourth-order valence-corrected chi connectivity index (χ4v) is 1.49. The summed E-state index contributed by atoms with van der Waals surface area (Å²) in [6.45, 7) is 0.499. The number of ether oxygens (including phenoxy) is 1. The molecule has 1 rings (SSSR count). The monoisotopic (exact) mass is 232 g/mol. The number of carbonyl (C=O) groups is 1. The number of nitrogens with two attached hydrogens (primary N) is 1. The summed E-state index contributed by atoms with van der Waals surface area (Å²) in [7, 11) is 1.58. The quantitative estimate of drug-likeness (QED) is 0.496. The van der Waals surface area contributed by atoms with Crippen molar-refractivity contribution in [2.24, 2.45) is 0 Å². The highest BCUT2D eigenvalue weighted by Crippen LogP contribution is 2.13. The lowest BCUT2D eigenvalue weighted by Gasteiger charge is -2.01. The third-order valence-corrected chi connectivity index (χ3v) is 2.52. The van der Waals surface area contributed by atoms with Crippen molar-refractivity contribution in [3.8, 4) is 0 Å². The molecule has 0 aliphatic carbocycles. The normalized spacial score (nSPS) is 10.5. The number of hydrogen-bond donors (Lipinski definition) is 2. The molecule has 1 aromatic rings. The lowest BCUT2D eigenvalue weighted by atomic mass is 10.4. The minimum atomic E-state index is -0.915. The predicted molar refractivity (Wildman–Crippen MR) is 54.1 cm³/mol. The number of thioether (sulfide) groups is 1. The van der Waals surface area contributed by atoms with Gasteiger partial charge in [0.15, 0.2) is 5.82 Å². The lowest BCUT2D eigenvalue weighted by molar-refractivity contribution is -0.133. The molecule has 0 aromatic carbocycles. The lowest BCUT2D eigenvalue weighted by Crippen LogP contribution is -2.16. The second-order valence-electron chi connectivity index (χ2n) is 2.69. The van der Waals surface area contributed by atoms with Crippen molar-refractivity contribution < 1.29 is 14.6 Å². The van der Waals surface area contributed by atoms with Gasteiger partial charge in [0.1, 0.15) is 0 Å². The smallest absolute Gasteiger partial charge is 0.313 e. The van der Waals surface area contributed by atoms with Crippen molar-refractivity contribution in [1.29, 1.82) is 0 Å². The summed E-state index contributed by atoms with van der Waals surface area (Å²) in [4.78, 5) is 10.3. The zero-order valence-electron chi connectivity index (χ0n) is 8.21. The van der Waals surface area contributed by atoms with Gasteiger partial charge in [-0.1, -0.05) is 11.8 Å². The van der Waals surface area contributed by atoms with Crippen LogP contribution >= 0.6 is 11.8 Å². The molecular weight excluding hydrogens is 220 g/mol. The summed E-state index contributed by atoms with van der Waals surface area (Å²) in [5.41, 5.74) is 0. The molecule has 7 nitrogen and oxygen atoms in total. The molecule has 1 heterocycles. The number of carboxylic acids is 1. The van der Waals surface area contributed by atoms with Crippen LogP contribution in [0, 0.1) is 0 Å². The molecule has 8 heteroatoms. The van der Waals surface area contributed by atoms with E-state index in [4.69, 9.17) is 15.7 Å². The van der Waals surface area contributed by atoms with Crippen LogP contribution in [0.1, 0.15) is 5.82 Å². The average Bonchev–Trinajstić information content (AvgIpc) is 2.54. The molecule has 0 fully saturated rings. The van der Waals surface area contributed by atoms with Crippen LogP contribution in [0.4, 0.5) is 0 Å². The third kappa shape index (κ3) is 3.40. The highest BCUT2D eigenvalue weighted by atomic mass is 32.2. The van der Waals surface area contributed by atoms with E-state index in [9.17, 15) is 4.79 Å². The Bertz CT molecular complexity index is 341. The van der Waals surface area contributed by atoms with E-state index in [2.05, 4.69) is 10.2 Å². The van der Waals surface area contributed by atoms with E-state index in [1.54, 1.807) is 7.11 Å². The molecule has 0 amide bonds. The van der Waals surface area contributed by atoms with Crippen LogP contribution < -0.4 is 5.84 Å². The van der Waals surface area contributed by atoms with Crippen molar-refractivity contribution in [3.05, 3.63) is 5.82 Å². The minimum Gasteiger partial charge on any atom is -0.481 e. The van der Waals surface area contributed by atoms with Gasteiger partial charge in [-0.25, -0.2) is 4.68 Å².